The van der Waals surface area contributed by atoms with Crippen molar-refractivity contribution in [2.24, 2.45) is 0 Å². The molecular formula is C15H17NO. The summed E-state index contributed by atoms with van der Waals surface area (Å²) in [7, 11) is 0. The van der Waals surface area contributed by atoms with Crippen molar-refractivity contribution in [3.8, 4) is 0 Å². The third-order valence-corrected chi connectivity index (χ3v) is 3.47. The fourth-order valence-electron chi connectivity index (χ4n) is 2.54. The molecule has 2 aromatic carbocycles. The van der Waals surface area contributed by atoms with Crippen LogP contribution >= 0.6 is 0 Å². The highest BCUT2D eigenvalue weighted by atomic mass is 16.5. The van der Waals surface area contributed by atoms with Crippen LogP contribution in [0.2, 0.25) is 0 Å². The van der Waals surface area contributed by atoms with E-state index in [1.54, 1.807) is 0 Å². The van der Waals surface area contributed by atoms with Gasteiger partial charge in [-0.1, -0.05) is 36.4 Å². The zero-order valence-electron chi connectivity index (χ0n) is 10.1. The van der Waals surface area contributed by atoms with E-state index < -0.39 is 0 Å². The Morgan fingerprint density at radius 1 is 1.12 bits per heavy atom. The summed E-state index contributed by atoms with van der Waals surface area (Å²) < 4.78 is 5.55. The molecule has 1 saturated heterocycles. The second kappa shape index (κ2) is 4.47. The summed E-state index contributed by atoms with van der Waals surface area (Å²) in [6.45, 7) is 4.69. The molecule has 1 heterocycles. The first kappa shape index (κ1) is 10.8. The van der Waals surface area contributed by atoms with Crippen LogP contribution in [-0.2, 0) is 4.74 Å². The molecule has 0 saturated carbocycles. The molecule has 0 aromatic heterocycles. The largest absolute Gasteiger partial charge is 0.378 e. The van der Waals surface area contributed by atoms with Crippen molar-refractivity contribution in [2.75, 3.05) is 19.8 Å². The molecule has 1 unspecified atom stereocenters. The van der Waals surface area contributed by atoms with Crippen LogP contribution < -0.4 is 5.32 Å². The smallest absolute Gasteiger partial charge is 0.0662 e. The first-order valence-electron chi connectivity index (χ1n) is 6.15. The van der Waals surface area contributed by atoms with Gasteiger partial charge >= 0.3 is 0 Å². The number of morpholine rings is 1. The van der Waals surface area contributed by atoms with Gasteiger partial charge in [-0.05, 0) is 28.8 Å². The van der Waals surface area contributed by atoms with E-state index in [1.165, 1.54) is 21.9 Å². The SMILES string of the molecule is Cc1ccc(C2COCCN2)c2ccccc12. The minimum absolute atomic E-state index is 0.328. The van der Waals surface area contributed by atoms with Gasteiger partial charge in [0, 0.05) is 6.54 Å². The Morgan fingerprint density at radius 2 is 1.94 bits per heavy atom. The van der Waals surface area contributed by atoms with Crippen molar-refractivity contribution in [1.29, 1.82) is 0 Å². The molecule has 0 bridgehead atoms. The van der Waals surface area contributed by atoms with Crippen LogP contribution in [0.15, 0.2) is 36.4 Å². The lowest BCUT2D eigenvalue weighted by Gasteiger charge is -2.25. The maximum absolute atomic E-state index is 5.55. The summed E-state index contributed by atoms with van der Waals surface area (Å²) >= 11 is 0. The summed E-state index contributed by atoms with van der Waals surface area (Å²) in [6, 6.07) is 13.4. The lowest BCUT2D eigenvalue weighted by molar-refractivity contribution is 0.0773. The zero-order valence-corrected chi connectivity index (χ0v) is 10.1. The third kappa shape index (κ3) is 1.94. The van der Waals surface area contributed by atoms with Crippen LogP contribution in [0, 0.1) is 6.92 Å². The van der Waals surface area contributed by atoms with Gasteiger partial charge in [-0.25, -0.2) is 0 Å². The average Bonchev–Trinajstić information content (AvgIpc) is 2.41. The molecule has 1 fully saturated rings. The van der Waals surface area contributed by atoms with Crippen molar-refractivity contribution in [1.82, 2.24) is 5.32 Å². The van der Waals surface area contributed by atoms with Crippen LogP contribution in [-0.4, -0.2) is 19.8 Å². The van der Waals surface area contributed by atoms with Crippen molar-refractivity contribution in [2.45, 2.75) is 13.0 Å². The molecule has 88 valence electrons. The predicted molar refractivity (Wildman–Crippen MR) is 70.2 cm³/mol. The van der Waals surface area contributed by atoms with Gasteiger partial charge in [-0.15, -0.1) is 0 Å². The van der Waals surface area contributed by atoms with Crippen LogP contribution in [0.3, 0.4) is 0 Å². The highest BCUT2D eigenvalue weighted by Gasteiger charge is 2.17. The highest BCUT2D eigenvalue weighted by molar-refractivity contribution is 5.88. The fourth-order valence-corrected chi connectivity index (χ4v) is 2.54. The quantitative estimate of drug-likeness (QED) is 0.809. The van der Waals surface area contributed by atoms with Gasteiger partial charge in [0.1, 0.15) is 0 Å². The van der Waals surface area contributed by atoms with E-state index in [2.05, 4.69) is 48.6 Å². The minimum Gasteiger partial charge on any atom is -0.378 e. The van der Waals surface area contributed by atoms with Gasteiger partial charge in [0.05, 0.1) is 19.3 Å². The number of nitrogens with one attached hydrogen (secondary N) is 1. The first-order valence-corrected chi connectivity index (χ1v) is 6.15. The number of aryl methyl sites for hydroxylation is 1. The molecule has 1 atom stereocenters. The molecule has 3 rings (SSSR count). The minimum atomic E-state index is 0.328. The molecule has 2 heteroatoms. The van der Waals surface area contributed by atoms with Gasteiger partial charge in [-0.3, -0.25) is 0 Å². The van der Waals surface area contributed by atoms with Gasteiger partial charge in [0.15, 0.2) is 0 Å². The number of hydrogen-bond acceptors (Lipinski definition) is 2. The molecule has 1 aliphatic heterocycles. The number of ether oxygens (including phenoxy) is 1. The normalized spacial score (nSPS) is 20.6. The molecule has 0 radical (unpaired) electrons. The van der Waals surface area contributed by atoms with Gasteiger partial charge in [0.2, 0.25) is 0 Å². The van der Waals surface area contributed by atoms with Crippen LogP contribution in [0.25, 0.3) is 10.8 Å². The van der Waals surface area contributed by atoms with E-state index >= 15 is 0 Å². The van der Waals surface area contributed by atoms with Gasteiger partial charge in [-0.2, -0.15) is 0 Å². The van der Waals surface area contributed by atoms with E-state index in [0.29, 0.717) is 6.04 Å². The standard InChI is InChI=1S/C15H17NO/c1-11-6-7-14(15-10-17-9-8-16-15)13-5-3-2-4-12(11)13/h2-7,15-16H,8-10H2,1H3. The van der Waals surface area contributed by atoms with Gasteiger partial charge in [0.25, 0.3) is 0 Å². The molecule has 0 spiro atoms. The maximum atomic E-state index is 5.55. The van der Waals surface area contributed by atoms with E-state index in [-0.39, 0.29) is 0 Å². The Bertz CT molecular complexity index is 529. The van der Waals surface area contributed by atoms with Crippen LogP contribution in [0.1, 0.15) is 17.2 Å². The molecule has 0 aliphatic carbocycles. The van der Waals surface area contributed by atoms with E-state index in [4.69, 9.17) is 4.74 Å². The van der Waals surface area contributed by atoms with E-state index in [0.717, 1.165) is 19.8 Å². The number of benzene rings is 2. The highest BCUT2D eigenvalue weighted by Crippen LogP contribution is 2.27. The number of hydrogen-bond donors (Lipinski definition) is 1. The second-order valence-corrected chi connectivity index (χ2v) is 4.60. The molecular weight excluding hydrogens is 210 g/mol. The topological polar surface area (TPSA) is 21.3 Å². The maximum Gasteiger partial charge on any atom is 0.0662 e. The third-order valence-electron chi connectivity index (χ3n) is 3.47. The van der Waals surface area contributed by atoms with Crippen LogP contribution in [0.5, 0.6) is 0 Å². The van der Waals surface area contributed by atoms with Crippen molar-refractivity contribution in [3.05, 3.63) is 47.5 Å². The molecule has 2 aromatic rings. The Balaban J connectivity index is 2.12. The molecule has 2 nitrogen and oxygen atoms in total. The summed E-state index contributed by atoms with van der Waals surface area (Å²) in [4.78, 5) is 0. The fraction of sp³-hybridized carbons (Fsp3) is 0.333. The molecule has 1 aliphatic rings. The van der Waals surface area contributed by atoms with Gasteiger partial charge < -0.3 is 10.1 Å². The number of rotatable bonds is 1. The lowest BCUT2D eigenvalue weighted by Crippen LogP contribution is -2.34. The Hall–Kier alpha value is -1.38. The molecule has 1 N–H and O–H groups in total. The molecule has 17 heavy (non-hydrogen) atoms. The van der Waals surface area contributed by atoms with Crippen LogP contribution in [0.4, 0.5) is 0 Å². The van der Waals surface area contributed by atoms with E-state index in [1.807, 2.05) is 0 Å². The predicted octanol–water partition coefficient (Wildman–Crippen LogP) is 2.81. The monoisotopic (exact) mass is 227 g/mol. The summed E-state index contributed by atoms with van der Waals surface area (Å²) in [5, 5.41) is 6.21. The van der Waals surface area contributed by atoms with Crippen molar-refractivity contribution in [3.63, 3.8) is 0 Å². The summed E-state index contributed by atoms with van der Waals surface area (Å²) in [5.41, 5.74) is 2.69. The van der Waals surface area contributed by atoms with Crippen molar-refractivity contribution >= 4 is 10.8 Å². The first-order chi connectivity index (χ1) is 8.36. The van der Waals surface area contributed by atoms with E-state index in [9.17, 15) is 0 Å². The lowest BCUT2D eigenvalue weighted by atomic mass is 9.96. The Kier molecular flexibility index (Phi) is 2.83. The second-order valence-electron chi connectivity index (χ2n) is 4.60. The Labute approximate surface area is 102 Å². The average molecular weight is 227 g/mol. The molecule has 0 amide bonds. The zero-order chi connectivity index (χ0) is 11.7. The Morgan fingerprint density at radius 3 is 2.71 bits per heavy atom. The summed E-state index contributed by atoms with van der Waals surface area (Å²) in [5.74, 6) is 0. The summed E-state index contributed by atoms with van der Waals surface area (Å²) in [6.07, 6.45) is 0. The number of fused-ring (bicyclic) bond motifs is 1. The van der Waals surface area contributed by atoms with Crippen molar-refractivity contribution < 1.29 is 4.74 Å².